The molecule has 2 heterocycles. The maximum atomic E-state index is 9.45. The van der Waals surface area contributed by atoms with Gasteiger partial charge in [-0.3, -0.25) is 9.80 Å². The lowest BCUT2D eigenvalue weighted by Gasteiger charge is -2.34. The van der Waals surface area contributed by atoms with Gasteiger partial charge in [-0.2, -0.15) is 0 Å². The highest BCUT2D eigenvalue weighted by Gasteiger charge is 2.19. The molecule has 1 aliphatic heterocycles. The van der Waals surface area contributed by atoms with Crippen molar-refractivity contribution in [3.8, 4) is 0 Å². The predicted molar refractivity (Wildman–Crippen MR) is 93.5 cm³/mol. The van der Waals surface area contributed by atoms with Gasteiger partial charge in [-0.1, -0.05) is 38.1 Å². The molecule has 0 aliphatic carbocycles. The molecule has 0 atom stereocenters. The molecule has 0 radical (unpaired) electrons. The van der Waals surface area contributed by atoms with E-state index in [9.17, 15) is 5.11 Å². The molecule has 0 saturated carbocycles. The van der Waals surface area contributed by atoms with Crippen LogP contribution in [0.1, 0.15) is 42.5 Å². The number of aliphatic hydroxyl groups is 1. The second kappa shape index (κ2) is 7.92. The monoisotopic (exact) mass is 329 g/mol. The van der Waals surface area contributed by atoms with E-state index in [4.69, 9.17) is 4.42 Å². The summed E-state index contributed by atoms with van der Waals surface area (Å²) in [6, 6.07) is 8.14. The van der Waals surface area contributed by atoms with Crippen molar-refractivity contribution in [1.82, 2.24) is 14.8 Å². The molecule has 5 heteroatoms. The van der Waals surface area contributed by atoms with E-state index in [2.05, 4.69) is 34.7 Å². The fourth-order valence-corrected chi connectivity index (χ4v) is 3.10. The van der Waals surface area contributed by atoms with E-state index in [1.54, 1.807) is 6.26 Å². The zero-order valence-corrected chi connectivity index (χ0v) is 14.6. The minimum absolute atomic E-state index is 0.112. The molecule has 1 aliphatic rings. The Bertz CT molecular complexity index is 646. The summed E-state index contributed by atoms with van der Waals surface area (Å²) in [6.45, 7) is 10.2. The van der Waals surface area contributed by atoms with Crippen LogP contribution in [-0.2, 0) is 19.7 Å². The van der Waals surface area contributed by atoms with Crippen LogP contribution in [0.5, 0.6) is 0 Å². The van der Waals surface area contributed by atoms with E-state index in [0.717, 1.165) is 56.4 Å². The molecule has 1 aromatic heterocycles. The van der Waals surface area contributed by atoms with Crippen molar-refractivity contribution in [2.24, 2.45) is 0 Å². The summed E-state index contributed by atoms with van der Waals surface area (Å²) < 4.78 is 5.52. The topological polar surface area (TPSA) is 52.7 Å². The minimum Gasteiger partial charge on any atom is -0.448 e. The van der Waals surface area contributed by atoms with Crippen LogP contribution in [0.15, 0.2) is 34.9 Å². The van der Waals surface area contributed by atoms with E-state index in [1.165, 1.54) is 5.56 Å². The van der Waals surface area contributed by atoms with Gasteiger partial charge in [0, 0.05) is 45.2 Å². The largest absolute Gasteiger partial charge is 0.448 e. The fourth-order valence-electron chi connectivity index (χ4n) is 3.10. The molecule has 130 valence electrons. The number of benzene rings is 1. The van der Waals surface area contributed by atoms with Crippen LogP contribution >= 0.6 is 0 Å². The number of oxazole rings is 1. The summed E-state index contributed by atoms with van der Waals surface area (Å²) in [7, 11) is 0. The first kappa shape index (κ1) is 17.1. The minimum atomic E-state index is 0.112. The van der Waals surface area contributed by atoms with Gasteiger partial charge in [-0.05, 0) is 11.1 Å². The molecule has 5 nitrogen and oxygen atoms in total. The summed E-state index contributed by atoms with van der Waals surface area (Å²) in [6.07, 6.45) is 1.79. The van der Waals surface area contributed by atoms with Gasteiger partial charge in [-0.25, -0.2) is 4.98 Å². The van der Waals surface area contributed by atoms with Gasteiger partial charge >= 0.3 is 0 Å². The zero-order valence-electron chi connectivity index (χ0n) is 14.6. The van der Waals surface area contributed by atoms with Crippen molar-refractivity contribution in [3.63, 3.8) is 0 Å². The van der Waals surface area contributed by atoms with E-state index >= 15 is 0 Å². The molecule has 0 spiro atoms. The molecule has 1 aromatic carbocycles. The molecule has 0 amide bonds. The van der Waals surface area contributed by atoms with Crippen LogP contribution in [0.4, 0.5) is 0 Å². The van der Waals surface area contributed by atoms with Crippen LogP contribution in [0.25, 0.3) is 0 Å². The van der Waals surface area contributed by atoms with Crippen LogP contribution in [0.2, 0.25) is 0 Å². The maximum Gasteiger partial charge on any atom is 0.196 e. The van der Waals surface area contributed by atoms with Gasteiger partial charge in [0.2, 0.25) is 0 Å². The molecule has 1 N–H and O–H groups in total. The van der Waals surface area contributed by atoms with Gasteiger partial charge in [0.25, 0.3) is 0 Å². The Morgan fingerprint density at radius 3 is 2.25 bits per heavy atom. The molecular formula is C19H27N3O2. The third-order valence-electron chi connectivity index (χ3n) is 4.60. The van der Waals surface area contributed by atoms with Crippen LogP contribution in [0.3, 0.4) is 0 Å². The number of rotatable bonds is 6. The Labute approximate surface area is 143 Å². The Morgan fingerprint density at radius 1 is 1.04 bits per heavy atom. The summed E-state index contributed by atoms with van der Waals surface area (Å²) >= 11 is 0. The molecule has 1 saturated heterocycles. The molecule has 2 aromatic rings. The Morgan fingerprint density at radius 2 is 1.67 bits per heavy atom. The predicted octanol–water partition coefficient (Wildman–Crippen LogP) is 2.61. The van der Waals surface area contributed by atoms with Gasteiger partial charge in [0.15, 0.2) is 5.89 Å². The van der Waals surface area contributed by atoms with Gasteiger partial charge in [-0.15, -0.1) is 0 Å². The number of hydrogen-bond acceptors (Lipinski definition) is 5. The van der Waals surface area contributed by atoms with Crippen LogP contribution in [-0.4, -0.2) is 46.1 Å². The van der Waals surface area contributed by atoms with Crippen LogP contribution in [0, 0.1) is 0 Å². The first-order chi connectivity index (χ1) is 11.7. The molecule has 0 unspecified atom stereocenters. The zero-order chi connectivity index (χ0) is 16.9. The number of piperazine rings is 1. The first-order valence-corrected chi connectivity index (χ1v) is 8.72. The van der Waals surface area contributed by atoms with E-state index in [0.29, 0.717) is 5.92 Å². The van der Waals surface area contributed by atoms with Crippen molar-refractivity contribution < 1.29 is 9.52 Å². The summed E-state index contributed by atoms with van der Waals surface area (Å²) in [5.74, 6) is 1.16. The summed E-state index contributed by atoms with van der Waals surface area (Å²) in [5, 5.41) is 9.45. The first-order valence-electron chi connectivity index (χ1n) is 8.72. The van der Waals surface area contributed by atoms with Gasteiger partial charge in [0.05, 0.1) is 12.3 Å². The summed E-state index contributed by atoms with van der Waals surface area (Å²) in [5.41, 5.74) is 3.29. The molecule has 1 fully saturated rings. The lowest BCUT2D eigenvalue weighted by Crippen LogP contribution is -2.45. The number of aliphatic hydroxyl groups excluding tert-OH is 1. The number of hydrogen-bond donors (Lipinski definition) is 1. The third kappa shape index (κ3) is 4.23. The second-order valence-corrected chi connectivity index (χ2v) is 6.81. The molecule has 24 heavy (non-hydrogen) atoms. The quantitative estimate of drug-likeness (QED) is 0.883. The van der Waals surface area contributed by atoms with Crippen molar-refractivity contribution in [2.75, 3.05) is 26.2 Å². The van der Waals surface area contributed by atoms with Crippen molar-refractivity contribution >= 4 is 0 Å². The average molecular weight is 329 g/mol. The van der Waals surface area contributed by atoms with Crippen molar-refractivity contribution in [2.45, 2.75) is 39.5 Å². The lowest BCUT2D eigenvalue weighted by molar-refractivity contribution is 0.120. The van der Waals surface area contributed by atoms with E-state index in [1.807, 2.05) is 18.2 Å². The average Bonchev–Trinajstić information content (AvgIpc) is 3.06. The maximum absolute atomic E-state index is 9.45. The Kier molecular flexibility index (Phi) is 5.66. The highest BCUT2D eigenvalue weighted by atomic mass is 16.3. The van der Waals surface area contributed by atoms with Crippen molar-refractivity contribution in [3.05, 3.63) is 53.2 Å². The summed E-state index contributed by atoms with van der Waals surface area (Å²) in [4.78, 5) is 9.44. The number of nitrogens with zero attached hydrogens (tertiary/aromatic N) is 3. The van der Waals surface area contributed by atoms with Gasteiger partial charge < -0.3 is 9.52 Å². The Balaban J connectivity index is 1.50. The van der Waals surface area contributed by atoms with Crippen molar-refractivity contribution in [1.29, 1.82) is 0 Å². The molecule has 3 rings (SSSR count). The third-order valence-corrected chi connectivity index (χ3v) is 4.60. The lowest BCUT2D eigenvalue weighted by atomic mass is 10.1. The van der Waals surface area contributed by atoms with E-state index < -0.39 is 0 Å². The second-order valence-electron chi connectivity index (χ2n) is 6.81. The normalized spacial score (nSPS) is 16.8. The smallest absolute Gasteiger partial charge is 0.196 e. The highest BCUT2D eigenvalue weighted by molar-refractivity contribution is 5.26. The Hall–Kier alpha value is -1.69. The molecule has 0 bridgehead atoms. The fraction of sp³-hybridized carbons (Fsp3) is 0.526. The number of aromatic nitrogens is 1. The standard InChI is InChI=1S/C19H27N3O2/c1-15(2)19-20-18(14-24-19)12-22-9-7-21(8-10-22)11-16-5-3-4-6-17(16)13-23/h3-6,14-15,23H,7-13H2,1-2H3. The highest BCUT2D eigenvalue weighted by Crippen LogP contribution is 2.17. The SMILES string of the molecule is CC(C)c1nc(CN2CCN(Cc3ccccc3CO)CC2)co1. The van der Waals surface area contributed by atoms with Crippen LogP contribution < -0.4 is 0 Å². The molecular weight excluding hydrogens is 302 g/mol. The van der Waals surface area contributed by atoms with E-state index in [-0.39, 0.29) is 6.61 Å². The van der Waals surface area contributed by atoms with Gasteiger partial charge in [0.1, 0.15) is 6.26 Å².